The van der Waals surface area contributed by atoms with Crippen LogP contribution in [0.3, 0.4) is 0 Å². The van der Waals surface area contributed by atoms with Gasteiger partial charge in [0.1, 0.15) is 16.5 Å². The van der Waals surface area contributed by atoms with Gasteiger partial charge in [-0.15, -0.1) is 11.3 Å². The van der Waals surface area contributed by atoms with Gasteiger partial charge >= 0.3 is 0 Å². The number of aromatic nitrogens is 1. The summed E-state index contributed by atoms with van der Waals surface area (Å²) in [4.78, 5) is 16.1. The van der Waals surface area contributed by atoms with E-state index in [2.05, 4.69) is 4.98 Å². The SMILES string of the molecule is Cc1ccc(C(=O)c2csc(CN)n2)cc1F. The Labute approximate surface area is 102 Å². The van der Waals surface area contributed by atoms with E-state index in [4.69, 9.17) is 5.73 Å². The van der Waals surface area contributed by atoms with Gasteiger partial charge in [-0.3, -0.25) is 4.79 Å². The molecule has 0 spiro atoms. The molecular weight excluding hydrogens is 239 g/mol. The van der Waals surface area contributed by atoms with Crippen LogP contribution in [0.5, 0.6) is 0 Å². The molecule has 0 radical (unpaired) electrons. The molecule has 1 aromatic heterocycles. The van der Waals surface area contributed by atoms with E-state index in [0.29, 0.717) is 28.4 Å². The molecule has 0 fully saturated rings. The molecule has 0 aliphatic heterocycles. The fourth-order valence-electron chi connectivity index (χ4n) is 1.39. The van der Waals surface area contributed by atoms with Gasteiger partial charge in [0.15, 0.2) is 0 Å². The maximum Gasteiger partial charge on any atom is 0.212 e. The van der Waals surface area contributed by atoms with Gasteiger partial charge in [0.25, 0.3) is 0 Å². The zero-order valence-electron chi connectivity index (χ0n) is 9.24. The third-order valence-corrected chi connectivity index (χ3v) is 3.26. The third-order valence-electron chi connectivity index (χ3n) is 2.39. The summed E-state index contributed by atoms with van der Waals surface area (Å²) in [6.07, 6.45) is 0. The summed E-state index contributed by atoms with van der Waals surface area (Å²) in [5.41, 5.74) is 6.56. The number of aryl methyl sites for hydroxylation is 1. The molecule has 0 aliphatic rings. The Hall–Kier alpha value is -1.59. The maximum absolute atomic E-state index is 13.3. The van der Waals surface area contributed by atoms with Gasteiger partial charge in [-0.25, -0.2) is 9.37 Å². The molecule has 2 aromatic rings. The number of benzene rings is 1. The summed E-state index contributed by atoms with van der Waals surface area (Å²) >= 11 is 1.33. The van der Waals surface area contributed by atoms with E-state index in [-0.39, 0.29) is 11.6 Å². The van der Waals surface area contributed by atoms with E-state index >= 15 is 0 Å². The van der Waals surface area contributed by atoms with Gasteiger partial charge in [0, 0.05) is 17.5 Å². The molecule has 1 aromatic carbocycles. The van der Waals surface area contributed by atoms with Crippen LogP contribution in [0, 0.1) is 12.7 Å². The lowest BCUT2D eigenvalue weighted by Gasteiger charge is -2.00. The fourth-order valence-corrected chi connectivity index (χ4v) is 2.05. The van der Waals surface area contributed by atoms with Crippen LogP contribution in [0.1, 0.15) is 26.6 Å². The number of nitrogens with zero attached hydrogens (tertiary/aromatic N) is 1. The van der Waals surface area contributed by atoms with Gasteiger partial charge in [-0.1, -0.05) is 12.1 Å². The monoisotopic (exact) mass is 250 g/mol. The average molecular weight is 250 g/mol. The van der Waals surface area contributed by atoms with Crippen molar-refractivity contribution in [1.82, 2.24) is 4.98 Å². The van der Waals surface area contributed by atoms with Crippen molar-refractivity contribution in [2.75, 3.05) is 0 Å². The van der Waals surface area contributed by atoms with Crippen LogP contribution in [-0.4, -0.2) is 10.8 Å². The minimum absolute atomic E-state index is 0.278. The van der Waals surface area contributed by atoms with Crippen molar-refractivity contribution in [2.45, 2.75) is 13.5 Å². The number of carbonyl (C=O) groups is 1. The zero-order valence-corrected chi connectivity index (χ0v) is 10.1. The molecule has 0 amide bonds. The van der Waals surface area contributed by atoms with Gasteiger partial charge in [-0.05, 0) is 18.6 Å². The molecule has 2 rings (SSSR count). The van der Waals surface area contributed by atoms with Gasteiger partial charge < -0.3 is 5.73 Å². The molecule has 1 heterocycles. The lowest BCUT2D eigenvalue weighted by atomic mass is 10.1. The third kappa shape index (κ3) is 2.40. The smallest absolute Gasteiger partial charge is 0.212 e. The summed E-state index contributed by atoms with van der Waals surface area (Å²) < 4.78 is 13.3. The first-order valence-corrected chi connectivity index (χ1v) is 5.95. The van der Waals surface area contributed by atoms with E-state index in [0.717, 1.165) is 0 Å². The largest absolute Gasteiger partial charge is 0.325 e. The van der Waals surface area contributed by atoms with Crippen LogP contribution in [0.4, 0.5) is 4.39 Å². The predicted octanol–water partition coefficient (Wildman–Crippen LogP) is 2.28. The standard InChI is InChI=1S/C12H11FN2OS/c1-7-2-3-8(4-9(7)13)12(16)10-6-17-11(5-14)15-10/h2-4,6H,5,14H2,1H3. The second kappa shape index (κ2) is 4.73. The number of halogens is 1. The Kier molecular flexibility index (Phi) is 3.31. The Morgan fingerprint density at radius 3 is 2.88 bits per heavy atom. The van der Waals surface area contributed by atoms with Crippen LogP contribution in [0.15, 0.2) is 23.6 Å². The van der Waals surface area contributed by atoms with Crippen molar-refractivity contribution in [3.63, 3.8) is 0 Å². The quantitative estimate of drug-likeness (QED) is 0.850. The summed E-state index contributed by atoms with van der Waals surface area (Å²) in [7, 11) is 0. The topological polar surface area (TPSA) is 56.0 Å². The van der Waals surface area contributed by atoms with E-state index in [1.807, 2.05) is 0 Å². The van der Waals surface area contributed by atoms with Crippen LogP contribution in [0.2, 0.25) is 0 Å². The van der Waals surface area contributed by atoms with Crippen molar-refractivity contribution in [1.29, 1.82) is 0 Å². The first-order chi connectivity index (χ1) is 8.11. The molecule has 0 bridgehead atoms. The normalized spacial score (nSPS) is 10.5. The number of thiazole rings is 1. The molecule has 3 nitrogen and oxygen atoms in total. The highest BCUT2D eigenvalue weighted by molar-refractivity contribution is 7.09. The van der Waals surface area contributed by atoms with Crippen LogP contribution >= 0.6 is 11.3 Å². The number of hydrogen-bond acceptors (Lipinski definition) is 4. The number of rotatable bonds is 3. The summed E-state index contributed by atoms with van der Waals surface area (Å²) in [5.74, 6) is -0.662. The second-order valence-electron chi connectivity index (χ2n) is 3.62. The highest BCUT2D eigenvalue weighted by Gasteiger charge is 2.14. The fraction of sp³-hybridized carbons (Fsp3) is 0.167. The molecule has 0 saturated heterocycles. The number of carbonyl (C=O) groups excluding carboxylic acids is 1. The minimum Gasteiger partial charge on any atom is -0.325 e. The van der Waals surface area contributed by atoms with Gasteiger partial charge in [-0.2, -0.15) is 0 Å². The molecule has 0 unspecified atom stereocenters. The predicted molar refractivity (Wildman–Crippen MR) is 64.6 cm³/mol. The Morgan fingerprint density at radius 2 is 2.29 bits per heavy atom. The van der Waals surface area contributed by atoms with Crippen LogP contribution in [0.25, 0.3) is 0 Å². The average Bonchev–Trinajstić information content (AvgIpc) is 2.80. The van der Waals surface area contributed by atoms with Crippen molar-refractivity contribution in [3.8, 4) is 0 Å². The molecule has 17 heavy (non-hydrogen) atoms. The Balaban J connectivity index is 2.33. The molecule has 88 valence electrons. The zero-order chi connectivity index (χ0) is 12.4. The van der Waals surface area contributed by atoms with Gasteiger partial charge in [0.2, 0.25) is 5.78 Å². The summed E-state index contributed by atoms with van der Waals surface area (Å²) in [6.45, 7) is 1.96. The number of hydrogen-bond donors (Lipinski definition) is 1. The second-order valence-corrected chi connectivity index (χ2v) is 4.57. The van der Waals surface area contributed by atoms with Crippen molar-refractivity contribution < 1.29 is 9.18 Å². The number of nitrogens with two attached hydrogens (primary N) is 1. The molecule has 2 N–H and O–H groups in total. The summed E-state index contributed by atoms with van der Waals surface area (Å²) in [6, 6.07) is 4.42. The van der Waals surface area contributed by atoms with Crippen LogP contribution < -0.4 is 5.73 Å². The van der Waals surface area contributed by atoms with Crippen LogP contribution in [-0.2, 0) is 6.54 Å². The van der Waals surface area contributed by atoms with Gasteiger partial charge in [0.05, 0.1) is 0 Å². The molecular formula is C12H11FN2OS. The molecule has 0 aliphatic carbocycles. The van der Waals surface area contributed by atoms with E-state index in [9.17, 15) is 9.18 Å². The lowest BCUT2D eigenvalue weighted by Crippen LogP contribution is -2.04. The van der Waals surface area contributed by atoms with E-state index in [1.165, 1.54) is 17.4 Å². The van der Waals surface area contributed by atoms with Crippen molar-refractivity contribution in [3.05, 3.63) is 51.2 Å². The summed E-state index contributed by atoms with van der Waals surface area (Å²) in [5, 5.41) is 2.34. The Morgan fingerprint density at radius 1 is 1.53 bits per heavy atom. The van der Waals surface area contributed by atoms with Crippen molar-refractivity contribution >= 4 is 17.1 Å². The van der Waals surface area contributed by atoms with E-state index in [1.54, 1.807) is 24.4 Å². The van der Waals surface area contributed by atoms with Crippen molar-refractivity contribution in [2.24, 2.45) is 5.73 Å². The first kappa shape index (κ1) is 11.9. The highest BCUT2D eigenvalue weighted by atomic mass is 32.1. The van der Waals surface area contributed by atoms with E-state index < -0.39 is 0 Å². The highest BCUT2D eigenvalue weighted by Crippen LogP contribution is 2.16. The molecule has 0 atom stereocenters. The lowest BCUT2D eigenvalue weighted by molar-refractivity contribution is 0.103. The molecule has 0 saturated carbocycles. The maximum atomic E-state index is 13.3. The molecule has 5 heteroatoms. The first-order valence-electron chi connectivity index (χ1n) is 5.07. The number of ketones is 1. The minimum atomic E-state index is -0.384. The Bertz CT molecular complexity index is 565.